The van der Waals surface area contributed by atoms with Crippen molar-refractivity contribution in [2.24, 2.45) is 5.92 Å². The maximum absolute atomic E-state index is 11.8. The van der Waals surface area contributed by atoms with E-state index in [1.807, 2.05) is 11.8 Å². The fourth-order valence-corrected chi connectivity index (χ4v) is 3.76. The lowest BCUT2D eigenvalue weighted by atomic mass is 10.0. The molecule has 1 amide bonds. The first-order chi connectivity index (χ1) is 7.81. The molecule has 0 aromatic heterocycles. The molecule has 16 heavy (non-hydrogen) atoms. The van der Waals surface area contributed by atoms with Crippen LogP contribution in [0.5, 0.6) is 0 Å². The SMILES string of the molecule is CCCC1NCC(=O)N1CC1CCSCC1. The molecule has 0 aromatic rings. The van der Waals surface area contributed by atoms with Gasteiger partial charge in [-0.2, -0.15) is 11.8 Å². The van der Waals surface area contributed by atoms with Gasteiger partial charge < -0.3 is 4.90 Å². The van der Waals surface area contributed by atoms with Gasteiger partial charge in [0.25, 0.3) is 0 Å². The second kappa shape index (κ2) is 5.92. The van der Waals surface area contributed by atoms with E-state index in [0.29, 0.717) is 18.6 Å². The molecule has 1 unspecified atom stereocenters. The van der Waals surface area contributed by atoms with Crippen molar-refractivity contribution in [2.45, 2.75) is 38.8 Å². The molecular formula is C12H22N2OS. The van der Waals surface area contributed by atoms with Crippen molar-refractivity contribution in [1.29, 1.82) is 0 Å². The van der Waals surface area contributed by atoms with Crippen LogP contribution in [0, 0.1) is 5.92 Å². The van der Waals surface area contributed by atoms with Crippen molar-refractivity contribution < 1.29 is 4.79 Å². The molecule has 0 radical (unpaired) electrons. The van der Waals surface area contributed by atoms with E-state index in [2.05, 4.69) is 17.1 Å². The summed E-state index contributed by atoms with van der Waals surface area (Å²) in [6.07, 6.45) is 5.11. The van der Waals surface area contributed by atoms with Crippen molar-refractivity contribution in [3.63, 3.8) is 0 Å². The highest BCUT2D eigenvalue weighted by molar-refractivity contribution is 7.99. The zero-order valence-electron chi connectivity index (χ0n) is 10.1. The summed E-state index contributed by atoms with van der Waals surface area (Å²) in [6.45, 7) is 3.71. The van der Waals surface area contributed by atoms with Crippen LogP contribution < -0.4 is 5.32 Å². The molecule has 3 nitrogen and oxygen atoms in total. The smallest absolute Gasteiger partial charge is 0.237 e. The topological polar surface area (TPSA) is 32.3 Å². The van der Waals surface area contributed by atoms with Gasteiger partial charge in [-0.05, 0) is 36.7 Å². The highest BCUT2D eigenvalue weighted by Gasteiger charge is 2.31. The zero-order valence-corrected chi connectivity index (χ0v) is 10.9. The molecule has 1 N–H and O–H groups in total. The molecule has 2 aliphatic rings. The van der Waals surface area contributed by atoms with E-state index in [9.17, 15) is 4.79 Å². The van der Waals surface area contributed by atoms with Crippen molar-refractivity contribution in [3.8, 4) is 0 Å². The molecule has 0 spiro atoms. The van der Waals surface area contributed by atoms with Crippen LogP contribution in [0.1, 0.15) is 32.6 Å². The second-order valence-electron chi connectivity index (χ2n) is 4.79. The van der Waals surface area contributed by atoms with Crippen LogP contribution in [0.3, 0.4) is 0 Å². The molecule has 4 heteroatoms. The Morgan fingerprint density at radius 1 is 1.44 bits per heavy atom. The molecule has 2 heterocycles. The summed E-state index contributed by atoms with van der Waals surface area (Å²) in [4.78, 5) is 13.9. The first-order valence-corrected chi connectivity index (χ1v) is 7.57. The molecule has 92 valence electrons. The Hall–Kier alpha value is -0.220. The third-order valence-electron chi connectivity index (χ3n) is 3.54. The lowest BCUT2D eigenvalue weighted by molar-refractivity contribution is -0.128. The summed E-state index contributed by atoms with van der Waals surface area (Å²) >= 11 is 2.05. The van der Waals surface area contributed by atoms with Crippen LogP contribution >= 0.6 is 11.8 Å². The molecule has 0 bridgehead atoms. The van der Waals surface area contributed by atoms with E-state index >= 15 is 0 Å². The first kappa shape index (κ1) is 12.2. The third kappa shape index (κ3) is 2.92. The van der Waals surface area contributed by atoms with Crippen LogP contribution in [0.4, 0.5) is 0 Å². The van der Waals surface area contributed by atoms with Crippen molar-refractivity contribution >= 4 is 17.7 Å². The first-order valence-electron chi connectivity index (χ1n) is 6.42. The van der Waals surface area contributed by atoms with Crippen LogP contribution in [-0.4, -0.2) is 41.6 Å². The molecule has 2 rings (SSSR count). The number of rotatable bonds is 4. The van der Waals surface area contributed by atoms with Gasteiger partial charge in [0, 0.05) is 6.54 Å². The highest BCUT2D eigenvalue weighted by Crippen LogP contribution is 2.25. The van der Waals surface area contributed by atoms with Gasteiger partial charge >= 0.3 is 0 Å². The molecule has 1 atom stereocenters. The number of carbonyl (C=O) groups excluding carboxylic acids is 1. The number of amides is 1. The van der Waals surface area contributed by atoms with Gasteiger partial charge in [0.1, 0.15) is 0 Å². The quantitative estimate of drug-likeness (QED) is 0.814. The number of thioether (sulfide) groups is 1. The fourth-order valence-electron chi connectivity index (χ4n) is 2.56. The summed E-state index contributed by atoms with van der Waals surface area (Å²) in [7, 11) is 0. The maximum Gasteiger partial charge on any atom is 0.237 e. The third-order valence-corrected chi connectivity index (χ3v) is 4.59. The summed E-state index contributed by atoms with van der Waals surface area (Å²) in [6, 6.07) is 0. The normalized spacial score (nSPS) is 27.7. The predicted octanol–water partition coefficient (Wildman–Crippen LogP) is 1.69. The lowest BCUT2D eigenvalue weighted by Gasteiger charge is -2.30. The summed E-state index contributed by atoms with van der Waals surface area (Å²) in [5.74, 6) is 3.60. The Morgan fingerprint density at radius 3 is 2.88 bits per heavy atom. The highest BCUT2D eigenvalue weighted by atomic mass is 32.2. The minimum Gasteiger partial charge on any atom is -0.326 e. The number of carbonyl (C=O) groups is 1. The van der Waals surface area contributed by atoms with E-state index in [0.717, 1.165) is 25.3 Å². The van der Waals surface area contributed by atoms with Crippen molar-refractivity contribution in [3.05, 3.63) is 0 Å². The van der Waals surface area contributed by atoms with Crippen molar-refractivity contribution in [2.75, 3.05) is 24.6 Å². The Bertz CT molecular complexity index is 241. The Morgan fingerprint density at radius 2 is 2.19 bits per heavy atom. The fraction of sp³-hybridized carbons (Fsp3) is 0.917. The van der Waals surface area contributed by atoms with Crippen LogP contribution in [0.2, 0.25) is 0 Å². The van der Waals surface area contributed by atoms with Gasteiger partial charge in [-0.3, -0.25) is 10.1 Å². The van der Waals surface area contributed by atoms with Gasteiger partial charge in [0.2, 0.25) is 5.91 Å². The molecular weight excluding hydrogens is 220 g/mol. The second-order valence-corrected chi connectivity index (χ2v) is 6.01. The molecule has 0 saturated carbocycles. The maximum atomic E-state index is 11.8. The standard InChI is InChI=1S/C12H22N2OS/c1-2-3-11-13-8-12(15)14(11)9-10-4-6-16-7-5-10/h10-11,13H,2-9H2,1H3. The van der Waals surface area contributed by atoms with E-state index in [1.54, 1.807) is 0 Å². The Balaban J connectivity index is 1.87. The Labute approximate surface area is 102 Å². The predicted molar refractivity (Wildman–Crippen MR) is 68.5 cm³/mol. The zero-order chi connectivity index (χ0) is 11.4. The number of nitrogens with one attached hydrogen (secondary N) is 1. The molecule has 2 aliphatic heterocycles. The number of nitrogens with zero attached hydrogens (tertiary/aromatic N) is 1. The summed E-state index contributed by atoms with van der Waals surface area (Å²) in [5, 5.41) is 3.32. The van der Waals surface area contributed by atoms with Gasteiger partial charge in [-0.15, -0.1) is 0 Å². The van der Waals surface area contributed by atoms with Gasteiger partial charge in [-0.25, -0.2) is 0 Å². The summed E-state index contributed by atoms with van der Waals surface area (Å²) in [5.41, 5.74) is 0. The van der Waals surface area contributed by atoms with Crippen LogP contribution in [0.25, 0.3) is 0 Å². The number of hydrogen-bond acceptors (Lipinski definition) is 3. The average Bonchev–Trinajstić information content (AvgIpc) is 2.64. The van der Waals surface area contributed by atoms with E-state index in [-0.39, 0.29) is 0 Å². The van der Waals surface area contributed by atoms with Crippen LogP contribution in [-0.2, 0) is 4.79 Å². The monoisotopic (exact) mass is 242 g/mol. The molecule has 2 fully saturated rings. The summed E-state index contributed by atoms with van der Waals surface area (Å²) < 4.78 is 0. The largest absolute Gasteiger partial charge is 0.326 e. The molecule has 0 aliphatic carbocycles. The minimum atomic E-state index is 0.302. The molecule has 0 aromatic carbocycles. The number of hydrogen-bond donors (Lipinski definition) is 1. The average molecular weight is 242 g/mol. The van der Waals surface area contributed by atoms with Gasteiger partial charge in [0.05, 0.1) is 12.7 Å². The minimum absolute atomic E-state index is 0.302. The van der Waals surface area contributed by atoms with E-state index in [4.69, 9.17) is 0 Å². The van der Waals surface area contributed by atoms with Gasteiger partial charge in [-0.1, -0.05) is 13.3 Å². The van der Waals surface area contributed by atoms with E-state index < -0.39 is 0 Å². The van der Waals surface area contributed by atoms with Crippen molar-refractivity contribution in [1.82, 2.24) is 10.2 Å². The van der Waals surface area contributed by atoms with Gasteiger partial charge in [0.15, 0.2) is 0 Å². The molecule has 2 saturated heterocycles. The Kier molecular flexibility index (Phi) is 4.53. The lowest BCUT2D eigenvalue weighted by Crippen LogP contribution is -2.41. The van der Waals surface area contributed by atoms with Crippen LogP contribution in [0.15, 0.2) is 0 Å². The van der Waals surface area contributed by atoms with E-state index in [1.165, 1.54) is 24.3 Å².